The minimum absolute atomic E-state index is 0.269. The molecule has 0 heterocycles. The van der Waals surface area contributed by atoms with Gasteiger partial charge in [-0.1, -0.05) is 30.7 Å². The van der Waals surface area contributed by atoms with Crippen LogP contribution in [0.3, 0.4) is 0 Å². The van der Waals surface area contributed by atoms with Crippen LogP contribution in [0.1, 0.15) is 24.5 Å². The van der Waals surface area contributed by atoms with Crippen molar-refractivity contribution in [1.82, 2.24) is 5.32 Å². The second-order valence-corrected chi connectivity index (χ2v) is 4.20. The van der Waals surface area contributed by atoms with Gasteiger partial charge in [-0.15, -0.1) is 0 Å². The van der Waals surface area contributed by atoms with Gasteiger partial charge in [-0.25, -0.2) is 0 Å². The van der Waals surface area contributed by atoms with Crippen LogP contribution in [0, 0.1) is 6.92 Å². The van der Waals surface area contributed by atoms with Crippen molar-refractivity contribution >= 4 is 11.6 Å². The molecule has 0 saturated heterocycles. The summed E-state index contributed by atoms with van der Waals surface area (Å²) in [5.41, 5.74) is 2.24. The summed E-state index contributed by atoms with van der Waals surface area (Å²) in [5.74, 6) is 0. The van der Waals surface area contributed by atoms with E-state index in [1.165, 1.54) is 0 Å². The number of aliphatic hydroxyl groups is 1. The summed E-state index contributed by atoms with van der Waals surface area (Å²) in [4.78, 5) is 0. The molecule has 0 aliphatic rings. The van der Waals surface area contributed by atoms with Crippen LogP contribution in [0.2, 0.25) is 5.02 Å². The van der Waals surface area contributed by atoms with Gasteiger partial charge >= 0.3 is 0 Å². The van der Waals surface area contributed by atoms with Crippen molar-refractivity contribution in [2.24, 2.45) is 0 Å². The maximum Gasteiger partial charge on any atom is 0.0662 e. The maximum absolute atomic E-state index is 9.35. The minimum Gasteiger partial charge on any atom is -0.392 e. The van der Waals surface area contributed by atoms with E-state index in [-0.39, 0.29) is 6.10 Å². The van der Waals surface area contributed by atoms with E-state index < -0.39 is 0 Å². The highest BCUT2D eigenvalue weighted by Crippen LogP contribution is 2.17. The average Bonchev–Trinajstić information content (AvgIpc) is 2.21. The highest BCUT2D eigenvalue weighted by atomic mass is 35.5. The molecule has 0 spiro atoms. The summed E-state index contributed by atoms with van der Waals surface area (Å²) in [6.45, 7) is 5.30. The van der Waals surface area contributed by atoms with Crippen molar-refractivity contribution in [3.05, 3.63) is 34.3 Å². The van der Waals surface area contributed by atoms with Crippen molar-refractivity contribution in [3.8, 4) is 0 Å². The van der Waals surface area contributed by atoms with Crippen LogP contribution in [0.25, 0.3) is 0 Å². The molecule has 1 aromatic carbocycles. The van der Waals surface area contributed by atoms with Crippen molar-refractivity contribution in [3.63, 3.8) is 0 Å². The lowest BCUT2D eigenvalue weighted by Crippen LogP contribution is -2.25. The zero-order valence-electron chi connectivity index (χ0n) is 9.26. The SMILES string of the molecule is CCC(O)CNCc1ccc(C)cc1Cl. The summed E-state index contributed by atoms with van der Waals surface area (Å²) in [5, 5.41) is 13.3. The number of aliphatic hydroxyl groups excluding tert-OH is 1. The fraction of sp³-hybridized carbons (Fsp3) is 0.500. The van der Waals surface area contributed by atoms with E-state index in [4.69, 9.17) is 11.6 Å². The van der Waals surface area contributed by atoms with E-state index in [1.54, 1.807) is 0 Å². The highest BCUT2D eigenvalue weighted by molar-refractivity contribution is 6.31. The Balaban J connectivity index is 2.44. The maximum atomic E-state index is 9.35. The Bertz CT molecular complexity index is 314. The Labute approximate surface area is 96.3 Å². The van der Waals surface area contributed by atoms with E-state index >= 15 is 0 Å². The monoisotopic (exact) mass is 227 g/mol. The third-order valence-electron chi connectivity index (χ3n) is 2.38. The zero-order valence-corrected chi connectivity index (χ0v) is 10.0. The number of aryl methyl sites for hydroxylation is 1. The second kappa shape index (κ2) is 6.11. The van der Waals surface area contributed by atoms with Crippen LogP contribution >= 0.6 is 11.6 Å². The first-order chi connectivity index (χ1) is 7.13. The smallest absolute Gasteiger partial charge is 0.0662 e. The molecule has 0 aromatic heterocycles. The van der Waals surface area contributed by atoms with Crippen LogP contribution in [0.4, 0.5) is 0 Å². The molecule has 0 fully saturated rings. The summed E-state index contributed by atoms with van der Waals surface area (Å²) >= 11 is 6.08. The Kier molecular flexibility index (Phi) is 5.09. The number of rotatable bonds is 5. The van der Waals surface area contributed by atoms with Gasteiger partial charge in [0.2, 0.25) is 0 Å². The normalized spacial score (nSPS) is 12.8. The molecule has 1 unspecified atom stereocenters. The highest BCUT2D eigenvalue weighted by Gasteiger charge is 2.02. The van der Waals surface area contributed by atoms with Crippen LogP contribution in [-0.4, -0.2) is 17.8 Å². The van der Waals surface area contributed by atoms with Crippen LogP contribution < -0.4 is 5.32 Å². The first kappa shape index (κ1) is 12.5. The Morgan fingerprint density at radius 1 is 1.47 bits per heavy atom. The van der Waals surface area contributed by atoms with Crippen LogP contribution in [-0.2, 0) is 6.54 Å². The molecule has 0 amide bonds. The number of hydrogen-bond donors (Lipinski definition) is 2. The van der Waals surface area contributed by atoms with Crippen molar-refractivity contribution in [1.29, 1.82) is 0 Å². The number of halogens is 1. The van der Waals surface area contributed by atoms with Crippen LogP contribution in [0.15, 0.2) is 18.2 Å². The summed E-state index contributed by atoms with van der Waals surface area (Å²) in [6, 6.07) is 6.01. The molecule has 0 bridgehead atoms. The molecule has 0 aliphatic heterocycles. The molecule has 0 radical (unpaired) electrons. The Morgan fingerprint density at radius 2 is 2.20 bits per heavy atom. The van der Waals surface area contributed by atoms with Crippen molar-refractivity contribution in [2.45, 2.75) is 32.9 Å². The predicted molar refractivity (Wildman–Crippen MR) is 64.2 cm³/mol. The standard InChI is InChI=1S/C12H18ClNO/c1-3-11(15)8-14-7-10-5-4-9(2)6-12(10)13/h4-6,11,14-15H,3,7-8H2,1-2H3. The largest absolute Gasteiger partial charge is 0.392 e. The van der Waals surface area contributed by atoms with Gasteiger partial charge in [-0.05, 0) is 30.5 Å². The molecule has 1 atom stereocenters. The molecule has 84 valence electrons. The molecule has 3 heteroatoms. The first-order valence-electron chi connectivity index (χ1n) is 5.27. The molecule has 0 saturated carbocycles. The number of benzene rings is 1. The van der Waals surface area contributed by atoms with Crippen LogP contribution in [0.5, 0.6) is 0 Å². The van der Waals surface area contributed by atoms with E-state index in [2.05, 4.69) is 5.32 Å². The van der Waals surface area contributed by atoms with Gasteiger partial charge in [0, 0.05) is 18.1 Å². The topological polar surface area (TPSA) is 32.3 Å². The van der Waals surface area contributed by atoms with Gasteiger partial charge in [0.05, 0.1) is 6.10 Å². The quantitative estimate of drug-likeness (QED) is 0.810. The van der Waals surface area contributed by atoms with Gasteiger partial charge in [0.1, 0.15) is 0 Å². The first-order valence-corrected chi connectivity index (χ1v) is 5.65. The lowest BCUT2D eigenvalue weighted by Gasteiger charge is -2.10. The summed E-state index contributed by atoms with van der Waals surface area (Å²) in [7, 11) is 0. The molecule has 1 rings (SSSR count). The Morgan fingerprint density at radius 3 is 2.80 bits per heavy atom. The minimum atomic E-state index is -0.269. The van der Waals surface area contributed by atoms with E-state index in [0.29, 0.717) is 13.1 Å². The van der Waals surface area contributed by atoms with Crippen molar-refractivity contribution in [2.75, 3.05) is 6.54 Å². The second-order valence-electron chi connectivity index (χ2n) is 3.79. The lowest BCUT2D eigenvalue weighted by atomic mass is 10.1. The number of hydrogen-bond acceptors (Lipinski definition) is 2. The molecular formula is C12H18ClNO. The molecule has 2 N–H and O–H groups in total. The summed E-state index contributed by atoms with van der Waals surface area (Å²) in [6.07, 6.45) is 0.503. The summed E-state index contributed by atoms with van der Waals surface area (Å²) < 4.78 is 0. The van der Waals surface area contributed by atoms with E-state index in [0.717, 1.165) is 22.6 Å². The fourth-order valence-electron chi connectivity index (χ4n) is 1.31. The molecular weight excluding hydrogens is 210 g/mol. The molecule has 15 heavy (non-hydrogen) atoms. The molecule has 0 aliphatic carbocycles. The Hall–Kier alpha value is -0.570. The number of nitrogens with one attached hydrogen (secondary N) is 1. The van der Waals surface area contributed by atoms with Gasteiger partial charge in [0.15, 0.2) is 0 Å². The zero-order chi connectivity index (χ0) is 11.3. The third kappa shape index (κ3) is 4.20. The van der Waals surface area contributed by atoms with Gasteiger partial charge < -0.3 is 10.4 Å². The molecule has 2 nitrogen and oxygen atoms in total. The van der Waals surface area contributed by atoms with E-state index in [1.807, 2.05) is 32.0 Å². The van der Waals surface area contributed by atoms with Gasteiger partial charge in [-0.2, -0.15) is 0 Å². The average molecular weight is 228 g/mol. The van der Waals surface area contributed by atoms with Gasteiger partial charge in [-0.3, -0.25) is 0 Å². The third-order valence-corrected chi connectivity index (χ3v) is 2.73. The van der Waals surface area contributed by atoms with Gasteiger partial charge in [0.25, 0.3) is 0 Å². The fourth-order valence-corrected chi connectivity index (χ4v) is 1.62. The predicted octanol–water partition coefficient (Wildman–Crippen LogP) is 2.51. The lowest BCUT2D eigenvalue weighted by molar-refractivity contribution is 0.167. The van der Waals surface area contributed by atoms with E-state index in [9.17, 15) is 5.11 Å². The van der Waals surface area contributed by atoms with Crippen molar-refractivity contribution < 1.29 is 5.11 Å². The molecule has 1 aromatic rings.